The lowest BCUT2D eigenvalue weighted by molar-refractivity contribution is 0.0369. The summed E-state index contributed by atoms with van der Waals surface area (Å²) in [6.45, 7) is 11.2. The van der Waals surface area contributed by atoms with Gasteiger partial charge in [0.15, 0.2) is 0 Å². The summed E-state index contributed by atoms with van der Waals surface area (Å²) >= 11 is 0. The monoisotopic (exact) mass is 400 g/mol. The predicted molar refractivity (Wildman–Crippen MR) is 108 cm³/mol. The first-order chi connectivity index (χ1) is 13.0. The third-order valence-electron chi connectivity index (χ3n) is 5.09. The van der Waals surface area contributed by atoms with Crippen molar-refractivity contribution in [3.63, 3.8) is 0 Å². The second-order valence-electron chi connectivity index (χ2n) is 7.34. The standard InChI is InChI=1S/C19H36N4O3S/c1-4-6-11-23-18(16-20-19(23)27(24,25)5-2)17-21(3)9-7-8-10-22-12-14-26-15-13-22/h16H,4-15,17H2,1-3H3. The molecule has 2 rings (SSSR count). The highest BCUT2D eigenvalue weighted by atomic mass is 32.2. The van der Waals surface area contributed by atoms with Gasteiger partial charge in [-0.05, 0) is 39.4 Å². The summed E-state index contributed by atoms with van der Waals surface area (Å²) in [4.78, 5) is 8.98. The van der Waals surface area contributed by atoms with Crippen LogP contribution in [0.25, 0.3) is 0 Å². The first-order valence-corrected chi connectivity index (χ1v) is 11.9. The highest BCUT2D eigenvalue weighted by Crippen LogP contribution is 2.16. The van der Waals surface area contributed by atoms with Gasteiger partial charge in [-0.25, -0.2) is 13.4 Å². The zero-order valence-corrected chi connectivity index (χ0v) is 18.0. The van der Waals surface area contributed by atoms with Crippen LogP contribution in [-0.2, 0) is 27.7 Å². The minimum atomic E-state index is -3.29. The van der Waals surface area contributed by atoms with E-state index in [-0.39, 0.29) is 10.9 Å². The van der Waals surface area contributed by atoms with Crippen molar-refractivity contribution in [3.8, 4) is 0 Å². The molecule has 1 aliphatic rings. The third kappa shape index (κ3) is 6.85. The topological polar surface area (TPSA) is 67.7 Å². The minimum absolute atomic E-state index is 0.0902. The molecule has 8 heteroatoms. The van der Waals surface area contributed by atoms with E-state index < -0.39 is 9.84 Å². The van der Waals surface area contributed by atoms with Crippen molar-refractivity contribution >= 4 is 9.84 Å². The molecule has 2 heterocycles. The lowest BCUT2D eigenvalue weighted by Gasteiger charge is -2.26. The van der Waals surface area contributed by atoms with E-state index in [0.29, 0.717) is 6.54 Å². The largest absolute Gasteiger partial charge is 0.379 e. The van der Waals surface area contributed by atoms with Gasteiger partial charge in [-0.3, -0.25) is 4.90 Å². The number of ether oxygens (including phenoxy) is 1. The number of imidazole rings is 1. The van der Waals surface area contributed by atoms with Crippen LogP contribution >= 0.6 is 0 Å². The Labute approximate surface area is 164 Å². The van der Waals surface area contributed by atoms with Crippen molar-refractivity contribution < 1.29 is 13.2 Å². The molecular weight excluding hydrogens is 364 g/mol. The fourth-order valence-corrected chi connectivity index (χ4v) is 4.36. The Morgan fingerprint density at radius 3 is 2.56 bits per heavy atom. The van der Waals surface area contributed by atoms with Crippen LogP contribution in [-0.4, -0.2) is 80.0 Å². The van der Waals surface area contributed by atoms with Crippen LogP contribution in [0.4, 0.5) is 0 Å². The Bertz CT molecular complexity index is 654. The van der Waals surface area contributed by atoms with Crippen molar-refractivity contribution in [2.24, 2.45) is 0 Å². The highest BCUT2D eigenvalue weighted by molar-refractivity contribution is 7.91. The number of hydrogen-bond acceptors (Lipinski definition) is 6. The molecule has 0 aromatic carbocycles. The van der Waals surface area contributed by atoms with Gasteiger partial charge in [-0.2, -0.15) is 0 Å². The summed E-state index contributed by atoms with van der Waals surface area (Å²) in [6, 6.07) is 0. The summed E-state index contributed by atoms with van der Waals surface area (Å²) in [6.07, 6.45) is 6.04. The zero-order valence-electron chi connectivity index (χ0n) is 17.2. The van der Waals surface area contributed by atoms with Crippen LogP contribution in [0.5, 0.6) is 0 Å². The second-order valence-corrected chi connectivity index (χ2v) is 9.51. The van der Waals surface area contributed by atoms with Crippen molar-refractivity contribution in [1.82, 2.24) is 19.4 Å². The molecule has 0 spiro atoms. The van der Waals surface area contributed by atoms with Crippen LogP contribution in [0.3, 0.4) is 0 Å². The first-order valence-electron chi connectivity index (χ1n) is 10.2. The molecule has 1 fully saturated rings. The minimum Gasteiger partial charge on any atom is -0.379 e. The van der Waals surface area contributed by atoms with Gasteiger partial charge in [-0.15, -0.1) is 0 Å². The highest BCUT2D eigenvalue weighted by Gasteiger charge is 2.21. The maximum atomic E-state index is 12.3. The number of aromatic nitrogens is 2. The number of unbranched alkanes of at least 4 members (excludes halogenated alkanes) is 2. The molecule has 0 saturated carbocycles. The molecule has 0 N–H and O–H groups in total. The Morgan fingerprint density at radius 2 is 1.89 bits per heavy atom. The summed E-state index contributed by atoms with van der Waals surface area (Å²) in [5.41, 5.74) is 0.992. The number of hydrogen-bond donors (Lipinski definition) is 0. The molecular formula is C19H36N4O3S. The fourth-order valence-electron chi connectivity index (χ4n) is 3.35. The maximum absolute atomic E-state index is 12.3. The van der Waals surface area contributed by atoms with Crippen LogP contribution < -0.4 is 0 Å². The van der Waals surface area contributed by atoms with E-state index in [2.05, 4.69) is 28.8 Å². The van der Waals surface area contributed by atoms with Gasteiger partial charge in [0.2, 0.25) is 15.0 Å². The number of nitrogens with zero attached hydrogens (tertiary/aromatic N) is 4. The normalized spacial score (nSPS) is 16.3. The van der Waals surface area contributed by atoms with Gasteiger partial charge < -0.3 is 14.2 Å². The number of sulfone groups is 1. The van der Waals surface area contributed by atoms with Gasteiger partial charge >= 0.3 is 0 Å². The molecule has 27 heavy (non-hydrogen) atoms. The molecule has 7 nitrogen and oxygen atoms in total. The molecule has 1 aromatic rings. The van der Waals surface area contributed by atoms with E-state index in [1.165, 1.54) is 6.42 Å². The van der Waals surface area contributed by atoms with E-state index in [1.807, 2.05) is 4.57 Å². The Hall–Kier alpha value is -0.960. The van der Waals surface area contributed by atoms with Gasteiger partial charge in [-0.1, -0.05) is 20.3 Å². The van der Waals surface area contributed by atoms with Crippen molar-refractivity contribution in [1.29, 1.82) is 0 Å². The van der Waals surface area contributed by atoms with Crippen LogP contribution in [0, 0.1) is 0 Å². The molecule has 156 valence electrons. The molecule has 1 aliphatic heterocycles. The van der Waals surface area contributed by atoms with Crippen LogP contribution in [0.2, 0.25) is 0 Å². The average molecular weight is 401 g/mol. The molecule has 0 unspecified atom stereocenters. The molecule has 0 atom stereocenters. The summed E-state index contributed by atoms with van der Waals surface area (Å²) in [5.74, 6) is 0.0902. The zero-order chi connectivity index (χ0) is 19.7. The third-order valence-corrected chi connectivity index (χ3v) is 6.74. The Morgan fingerprint density at radius 1 is 1.15 bits per heavy atom. The van der Waals surface area contributed by atoms with Gasteiger partial charge in [0.1, 0.15) is 0 Å². The number of morpholine rings is 1. The smallest absolute Gasteiger partial charge is 0.227 e. The Kier molecular flexibility index (Phi) is 9.21. The summed E-state index contributed by atoms with van der Waals surface area (Å²) < 4.78 is 32.0. The van der Waals surface area contributed by atoms with Crippen molar-refractivity contribution in [3.05, 3.63) is 11.9 Å². The van der Waals surface area contributed by atoms with E-state index in [1.54, 1.807) is 13.1 Å². The molecule has 1 aromatic heterocycles. The van der Waals surface area contributed by atoms with E-state index in [4.69, 9.17) is 4.74 Å². The summed E-state index contributed by atoms with van der Waals surface area (Å²) in [5, 5.41) is 0.231. The SMILES string of the molecule is CCCCn1c(CN(C)CCCCN2CCOCC2)cnc1S(=O)(=O)CC. The van der Waals surface area contributed by atoms with Crippen LogP contribution in [0.1, 0.15) is 45.2 Å². The van der Waals surface area contributed by atoms with E-state index in [9.17, 15) is 8.42 Å². The van der Waals surface area contributed by atoms with Gasteiger partial charge in [0.25, 0.3) is 0 Å². The Balaban J connectivity index is 1.87. The summed E-state index contributed by atoms with van der Waals surface area (Å²) in [7, 11) is -1.19. The molecule has 0 radical (unpaired) electrons. The lowest BCUT2D eigenvalue weighted by Crippen LogP contribution is -2.37. The maximum Gasteiger partial charge on any atom is 0.227 e. The first kappa shape index (κ1) is 22.3. The second kappa shape index (κ2) is 11.1. The van der Waals surface area contributed by atoms with E-state index >= 15 is 0 Å². The predicted octanol–water partition coefficient (Wildman–Crippen LogP) is 2.02. The van der Waals surface area contributed by atoms with Crippen LogP contribution in [0.15, 0.2) is 11.4 Å². The number of rotatable bonds is 12. The fraction of sp³-hybridized carbons (Fsp3) is 0.842. The quantitative estimate of drug-likeness (QED) is 0.500. The van der Waals surface area contributed by atoms with Crippen molar-refractivity contribution in [2.45, 2.75) is 57.8 Å². The van der Waals surface area contributed by atoms with Crippen molar-refractivity contribution in [2.75, 3.05) is 52.2 Å². The lowest BCUT2D eigenvalue weighted by atomic mass is 10.2. The molecule has 0 bridgehead atoms. The molecule has 1 saturated heterocycles. The molecule has 0 amide bonds. The van der Waals surface area contributed by atoms with Gasteiger partial charge in [0.05, 0.1) is 30.9 Å². The molecule has 0 aliphatic carbocycles. The van der Waals surface area contributed by atoms with E-state index in [0.717, 1.165) is 70.9 Å². The average Bonchev–Trinajstić information content (AvgIpc) is 3.07. The van der Waals surface area contributed by atoms with Gasteiger partial charge in [0, 0.05) is 26.2 Å².